The topological polar surface area (TPSA) is 147 Å². The summed E-state index contributed by atoms with van der Waals surface area (Å²) in [7, 11) is 0. The third-order valence-electron chi connectivity index (χ3n) is 6.09. The molecule has 0 fully saturated rings. The maximum Gasteiger partial charge on any atom is 0.341 e. The summed E-state index contributed by atoms with van der Waals surface area (Å²) in [5, 5.41) is 11.4. The Labute approximate surface area is 228 Å². The molecule has 4 aromatic rings. The molecule has 40 heavy (non-hydrogen) atoms. The van der Waals surface area contributed by atoms with Crippen molar-refractivity contribution in [2.24, 2.45) is 4.99 Å². The lowest BCUT2D eigenvalue weighted by Gasteiger charge is -2.16. The molecule has 0 atom stereocenters. The van der Waals surface area contributed by atoms with Crippen LogP contribution in [0.25, 0.3) is 16.7 Å². The molecule has 0 saturated heterocycles. The van der Waals surface area contributed by atoms with E-state index in [1.165, 1.54) is 33.2 Å². The van der Waals surface area contributed by atoms with Gasteiger partial charge in [0.1, 0.15) is 16.9 Å². The van der Waals surface area contributed by atoms with E-state index in [0.29, 0.717) is 18.7 Å². The van der Waals surface area contributed by atoms with Crippen LogP contribution < -0.4 is 11.0 Å². The first kappa shape index (κ1) is 28.3. The molecule has 0 bridgehead atoms. The maximum absolute atomic E-state index is 13.6. The summed E-state index contributed by atoms with van der Waals surface area (Å²) >= 11 is 0. The zero-order valence-electron chi connectivity index (χ0n) is 22.6. The number of aryl methyl sites for hydroxylation is 2. The second kappa shape index (κ2) is 12.0. The highest BCUT2D eigenvalue weighted by atomic mass is 16.6. The molecule has 0 saturated carbocycles. The number of non-ortho nitro benzene ring substituents is 1. The predicted molar refractivity (Wildman–Crippen MR) is 146 cm³/mol. The van der Waals surface area contributed by atoms with Gasteiger partial charge in [-0.05, 0) is 57.9 Å². The number of pyridine rings is 2. The Morgan fingerprint density at radius 2 is 1.93 bits per heavy atom. The molecular formula is C28H29N5O7. The number of carbonyl (C=O) groups excluding carboxylic acids is 2. The van der Waals surface area contributed by atoms with E-state index in [1.54, 1.807) is 19.2 Å². The Morgan fingerprint density at radius 1 is 1.15 bits per heavy atom. The number of nitrogens with zero attached hydrogens (tertiary/aromatic N) is 5. The molecule has 0 spiro atoms. The summed E-state index contributed by atoms with van der Waals surface area (Å²) in [6, 6.07) is 10.0. The van der Waals surface area contributed by atoms with E-state index in [9.17, 15) is 24.5 Å². The third-order valence-corrected chi connectivity index (χ3v) is 6.09. The average Bonchev–Trinajstić information content (AvgIpc) is 2.92. The van der Waals surface area contributed by atoms with Gasteiger partial charge in [-0.1, -0.05) is 12.1 Å². The molecular weight excluding hydrogens is 518 g/mol. The van der Waals surface area contributed by atoms with E-state index in [-0.39, 0.29) is 52.6 Å². The molecule has 0 radical (unpaired) electrons. The van der Waals surface area contributed by atoms with E-state index in [2.05, 4.69) is 4.99 Å². The standard InChI is InChI=1S/C28H29N5O7/c1-5-39-28(36)22-16-21-24(29-23-18(4)9-7-12-32(23)27(21)35)31(13-8-14-40-17(2)3)25(22)30-26(34)19-10-6-11-20(15-19)33(37)38/h6-7,9-12,15-17H,5,8,13-14H2,1-4H3. The Balaban J connectivity index is 2.06. The molecule has 1 amide bonds. The van der Waals surface area contributed by atoms with Crippen LogP contribution in [0.15, 0.2) is 58.4 Å². The molecule has 3 aromatic heterocycles. The minimum absolute atomic E-state index is 0.0124. The van der Waals surface area contributed by atoms with Crippen molar-refractivity contribution >= 4 is 34.2 Å². The van der Waals surface area contributed by atoms with Crippen LogP contribution in [-0.2, 0) is 16.0 Å². The molecule has 0 aliphatic heterocycles. The lowest BCUT2D eigenvalue weighted by Crippen LogP contribution is -2.33. The van der Waals surface area contributed by atoms with Gasteiger partial charge in [0.05, 0.1) is 23.0 Å². The van der Waals surface area contributed by atoms with Gasteiger partial charge in [0.25, 0.3) is 17.2 Å². The van der Waals surface area contributed by atoms with Gasteiger partial charge in [-0.2, -0.15) is 4.99 Å². The van der Waals surface area contributed by atoms with E-state index >= 15 is 0 Å². The van der Waals surface area contributed by atoms with Gasteiger partial charge >= 0.3 is 5.97 Å². The normalized spacial score (nSPS) is 11.9. The van der Waals surface area contributed by atoms with Crippen molar-refractivity contribution in [2.45, 2.75) is 46.8 Å². The van der Waals surface area contributed by atoms with Crippen molar-refractivity contribution in [3.63, 3.8) is 0 Å². The maximum atomic E-state index is 13.6. The number of hydrogen-bond donors (Lipinski definition) is 0. The molecule has 1 aromatic carbocycles. The van der Waals surface area contributed by atoms with Crippen molar-refractivity contribution < 1.29 is 24.0 Å². The average molecular weight is 548 g/mol. The number of nitro benzene ring substituents is 1. The lowest BCUT2D eigenvalue weighted by molar-refractivity contribution is -0.384. The van der Waals surface area contributed by atoms with Crippen LogP contribution >= 0.6 is 0 Å². The SMILES string of the molecule is CCOC(=O)c1cc2c(=O)n3cccc(C)c3nc2n(CCCOC(C)C)c1=NC(=O)c1cccc([N+](=O)[O-])c1. The van der Waals surface area contributed by atoms with Gasteiger partial charge in [-0.25, -0.2) is 9.78 Å². The Morgan fingerprint density at radius 3 is 2.62 bits per heavy atom. The highest BCUT2D eigenvalue weighted by Crippen LogP contribution is 2.16. The molecule has 3 heterocycles. The van der Waals surface area contributed by atoms with Crippen molar-refractivity contribution in [1.29, 1.82) is 0 Å². The van der Waals surface area contributed by atoms with Gasteiger partial charge in [0.2, 0.25) is 0 Å². The van der Waals surface area contributed by atoms with Crippen LogP contribution in [0.2, 0.25) is 0 Å². The number of nitro groups is 1. The van der Waals surface area contributed by atoms with E-state index in [4.69, 9.17) is 14.5 Å². The monoisotopic (exact) mass is 547 g/mol. The summed E-state index contributed by atoms with van der Waals surface area (Å²) in [5.41, 5.74) is 0.479. The fourth-order valence-corrected chi connectivity index (χ4v) is 4.23. The number of rotatable bonds is 9. The first-order valence-corrected chi connectivity index (χ1v) is 12.8. The second-order valence-electron chi connectivity index (χ2n) is 9.29. The fraction of sp³-hybridized carbons (Fsp3) is 0.321. The molecule has 12 nitrogen and oxygen atoms in total. The van der Waals surface area contributed by atoms with Crippen LogP contribution in [0.3, 0.4) is 0 Å². The first-order valence-electron chi connectivity index (χ1n) is 12.8. The van der Waals surface area contributed by atoms with Crippen molar-refractivity contribution in [2.75, 3.05) is 13.2 Å². The van der Waals surface area contributed by atoms with Crippen molar-refractivity contribution in [3.05, 3.63) is 91.3 Å². The van der Waals surface area contributed by atoms with Gasteiger partial charge in [-0.3, -0.25) is 24.1 Å². The van der Waals surface area contributed by atoms with Crippen LogP contribution in [0.5, 0.6) is 0 Å². The number of hydrogen-bond acceptors (Lipinski definition) is 8. The number of carbonyl (C=O) groups is 2. The molecule has 0 unspecified atom stereocenters. The quantitative estimate of drug-likeness (QED) is 0.102. The Bertz CT molecular complexity index is 1750. The smallest absolute Gasteiger partial charge is 0.341 e. The molecule has 12 heteroatoms. The summed E-state index contributed by atoms with van der Waals surface area (Å²) in [4.78, 5) is 59.6. The third kappa shape index (κ3) is 5.81. The minimum Gasteiger partial charge on any atom is -0.462 e. The fourth-order valence-electron chi connectivity index (χ4n) is 4.23. The number of esters is 1. The number of ether oxygens (including phenoxy) is 2. The van der Waals surface area contributed by atoms with Crippen LogP contribution in [0.1, 0.15) is 53.5 Å². The van der Waals surface area contributed by atoms with Crippen LogP contribution in [0, 0.1) is 17.0 Å². The Kier molecular flexibility index (Phi) is 8.49. The summed E-state index contributed by atoms with van der Waals surface area (Å²) in [6.45, 7) is 7.86. The largest absolute Gasteiger partial charge is 0.462 e. The lowest BCUT2D eigenvalue weighted by atomic mass is 10.1. The summed E-state index contributed by atoms with van der Waals surface area (Å²) < 4.78 is 13.9. The number of aromatic nitrogens is 3. The van der Waals surface area contributed by atoms with E-state index in [1.807, 2.05) is 26.8 Å². The predicted octanol–water partition coefficient (Wildman–Crippen LogP) is 3.60. The second-order valence-corrected chi connectivity index (χ2v) is 9.29. The highest BCUT2D eigenvalue weighted by molar-refractivity contribution is 5.97. The number of fused-ring (bicyclic) bond motifs is 2. The molecule has 0 N–H and O–H groups in total. The van der Waals surface area contributed by atoms with Crippen molar-refractivity contribution in [1.82, 2.24) is 14.0 Å². The molecule has 0 aliphatic rings. The molecule has 0 aliphatic carbocycles. The molecule has 4 rings (SSSR count). The number of benzene rings is 1. The van der Waals surface area contributed by atoms with E-state index < -0.39 is 22.4 Å². The summed E-state index contributed by atoms with van der Waals surface area (Å²) in [6.07, 6.45) is 2.03. The van der Waals surface area contributed by atoms with Crippen molar-refractivity contribution in [3.8, 4) is 0 Å². The Hall–Kier alpha value is -4.71. The van der Waals surface area contributed by atoms with E-state index in [0.717, 1.165) is 11.6 Å². The van der Waals surface area contributed by atoms with Crippen LogP contribution in [0.4, 0.5) is 5.69 Å². The minimum atomic E-state index is -0.811. The number of amides is 1. The van der Waals surface area contributed by atoms with Gasteiger partial charge in [0, 0.05) is 37.0 Å². The first-order chi connectivity index (χ1) is 19.1. The summed E-state index contributed by atoms with van der Waals surface area (Å²) in [5.74, 6) is -1.59. The van der Waals surface area contributed by atoms with Gasteiger partial charge < -0.3 is 14.0 Å². The van der Waals surface area contributed by atoms with Gasteiger partial charge in [-0.15, -0.1) is 0 Å². The zero-order chi connectivity index (χ0) is 29.0. The molecule has 208 valence electrons. The van der Waals surface area contributed by atoms with Crippen LogP contribution in [-0.4, -0.2) is 50.1 Å². The van der Waals surface area contributed by atoms with Gasteiger partial charge in [0.15, 0.2) is 5.49 Å². The highest BCUT2D eigenvalue weighted by Gasteiger charge is 2.21. The zero-order valence-corrected chi connectivity index (χ0v) is 22.6.